The third-order valence-corrected chi connectivity index (χ3v) is 5.09. The second-order valence-electron chi connectivity index (χ2n) is 6.93. The SMILES string of the molecule is NC(=O)c1ccc(-c2nc3c([nH]2)CN(C[C@H]2CCCCO2)CC3)cc1. The number of H-pyrrole nitrogens is 1. The minimum atomic E-state index is -0.411. The minimum Gasteiger partial charge on any atom is -0.377 e. The molecule has 0 radical (unpaired) electrons. The van der Waals surface area contributed by atoms with E-state index in [2.05, 4.69) is 9.88 Å². The van der Waals surface area contributed by atoms with Gasteiger partial charge < -0.3 is 15.5 Å². The van der Waals surface area contributed by atoms with Crippen molar-refractivity contribution in [2.75, 3.05) is 19.7 Å². The van der Waals surface area contributed by atoms with Gasteiger partial charge in [-0.15, -0.1) is 0 Å². The van der Waals surface area contributed by atoms with Gasteiger partial charge in [0.1, 0.15) is 5.82 Å². The fourth-order valence-electron chi connectivity index (χ4n) is 3.67. The lowest BCUT2D eigenvalue weighted by molar-refractivity contribution is -0.00826. The molecule has 6 heteroatoms. The molecule has 2 aromatic rings. The van der Waals surface area contributed by atoms with Gasteiger partial charge in [0.2, 0.25) is 5.91 Å². The van der Waals surface area contributed by atoms with Crippen LogP contribution < -0.4 is 5.73 Å². The second kappa shape index (κ2) is 6.98. The number of nitrogens with two attached hydrogens (primary N) is 1. The van der Waals surface area contributed by atoms with E-state index in [-0.39, 0.29) is 0 Å². The Bertz CT molecular complexity index is 747. The molecule has 2 aliphatic rings. The molecular formula is C19H24N4O2. The molecular weight excluding hydrogens is 316 g/mol. The maximum Gasteiger partial charge on any atom is 0.248 e. The summed E-state index contributed by atoms with van der Waals surface area (Å²) in [7, 11) is 0. The number of hydrogen-bond acceptors (Lipinski definition) is 4. The molecule has 0 aliphatic carbocycles. The molecule has 6 nitrogen and oxygen atoms in total. The van der Waals surface area contributed by atoms with Gasteiger partial charge in [-0.25, -0.2) is 4.98 Å². The van der Waals surface area contributed by atoms with Crippen molar-refractivity contribution in [3.8, 4) is 11.4 Å². The van der Waals surface area contributed by atoms with Crippen LogP contribution in [0.4, 0.5) is 0 Å². The number of aromatic nitrogens is 2. The van der Waals surface area contributed by atoms with Gasteiger partial charge in [0, 0.05) is 43.8 Å². The van der Waals surface area contributed by atoms with Crippen molar-refractivity contribution in [1.82, 2.24) is 14.9 Å². The van der Waals surface area contributed by atoms with Gasteiger partial charge in [-0.3, -0.25) is 9.69 Å². The molecule has 0 bridgehead atoms. The summed E-state index contributed by atoms with van der Waals surface area (Å²) in [4.78, 5) is 21.8. The van der Waals surface area contributed by atoms with Crippen molar-refractivity contribution >= 4 is 5.91 Å². The van der Waals surface area contributed by atoms with Crippen LogP contribution in [0.15, 0.2) is 24.3 Å². The van der Waals surface area contributed by atoms with Crippen LogP contribution in [0.2, 0.25) is 0 Å². The highest BCUT2D eigenvalue weighted by atomic mass is 16.5. The van der Waals surface area contributed by atoms with Crippen LogP contribution in [-0.2, 0) is 17.7 Å². The summed E-state index contributed by atoms with van der Waals surface area (Å²) >= 11 is 0. The Morgan fingerprint density at radius 2 is 2.16 bits per heavy atom. The van der Waals surface area contributed by atoms with Gasteiger partial charge in [-0.2, -0.15) is 0 Å². The molecule has 1 saturated heterocycles. The van der Waals surface area contributed by atoms with E-state index in [1.54, 1.807) is 12.1 Å². The van der Waals surface area contributed by atoms with Crippen molar-refractivity contribution in [3.63, 3.8) is 0 Å². The number of fused-ring (bicyclic) bond motifs is 1. The van der Waals surface area contributed by atoms with E-state index in [0.29, 0.717) is 11.7 Å². The van der Waals surface area contributed by atoms with Crippen molar-refractivity contribution in [2.45, 2.75) is 38.3 Å². The Labute approximate surface area is 147 Å². The maximum absolute atomic E-state index is 11.2. The zero-order valence-electron chi connectivity index (χ0n) is 14.3. The van der Waals surface area contributed by atoms with Gasteiger partial charge in [0.25, 0.3) is 0 Å². The first-order chi connectivity index (χ1) is 12.2. The highest BCUT2D eigenvalue weighted by Crippen LogP contribution is 2.24. The summed E-state index contributed by atoms with van der Waals surface area (Å²) in [6.45, 7) is 3.82. The number of primary amides is 1. The molecule has 1 aromatic carbocycles. The highest BCUT2D eigenvalue weighted by Gasteiger charge is 2.24. The van der Waals surface area contributed by atoms with E-state index in [0.717, 1.165) is 49.7 Å². The number of carbonyl (C=O) groups excluding carboxylic acids is 1. The summed E-state index contributed by atoms with van der Waals surface area (Å²) in [5, 5.41) is 0. The first kappa shape index (κ1) is 16.3. The molecule has 3 N–H and O–H groups in total. The Kier molecular flexibility index (Phi) is 4.55. The smallest absolute Gasteiger partial charge is 0.248 e. The standard InChI is InChI=1S/C19H24N4O2/c20-18(24)13-4-6-14(7-5-13)19-21-16-8-9-23(12-17(16)22-19)11-15-3-1-2-10-25-15/h4-7,15H,1-3,8-12H2,(H2,20,24)(H,21,22)/t15-/m1/s1. The van der Waals surface area contributed by atoms with Gasteiger partial charge >= 0.3 is 0 Å². The lowest BCUT2D eigenvalue weighted by Gasteiger charge is -2.31. The van der Waals surface area contributed by atoms with Gasteiger partial charge in [0.05, 0.1) is 17.5 Å². The zero-order chi connectivity index (χ0) is 17.2. The number of nitrogens with one attached hydrogen (secondary N) is 1. The molecule has 3 heterocycles. The van der Waals surface area contributed by atoms with Crippen LogP contribution in [0.5, 0.6) is 0 Å². The molecule has 0 unspecified atom stereocenters. The Balaban J connectivity index is 1.45. The summed E-state index contributed by atoms with van der Waals surface area (Å²) in [5.41, 5.74) is 9.12. The normalized spacial score (nSPS) is 21.0. The monoisotopic (exact) mass is 340 g/mol. The third-order valence-electron chi connectivity index (χ3n) is 5.09. The molecule has 132 valence electrons. The predicted molar refractivity (Wildman–Crippen MR) is 95.1 cm³/mol. The first-order valence-electron chi connectivity index (χ1n) is 9.01. The number of aromatic amines is 1. The number of amides is 1. The number of carbonyl (C=O) groups is 1. The highest BCUT2D eigenvalue weighted by molar-refractivity contribution is 5.93. The average molecular weight is 340 g/mol. The molecule has 1 amide bonds. The molecule has 0 spiro atoms. The molecule has 1 atom stereocenters. The second-order valence-corrected chi connectivity index (χ2v) is 6.93. The van der Waals surface area contributed by atoms with Crippen molar-refractivity contribution in [3.05, 3.63) is 41.2 Å². The van der Waals surface area contributed by atoms with E-state index in [1.165, 1.54) is 25.0 Å². The number of benzene rings is 1. The lowest BCUT2D eigenvalue weighted by atomic mass is 10.1. The van der Waals surface area contributed by atoms with E-state index < -0.39 is 5.91 Å². The van der Waals surface area contributed by atoms with E-state index >= 15 is 0 Å². The van der Waals surface area contributed by atoms with Crippen LogP contribution in [0.1, 0.15) is 41.0 Å². The van der Waals surface area contributed by atoms with Crippen molar-refractivity contribution in [2.24, 2.45) is 5.73 Å². The molecule has 1 aromatic heterocycles. The first-order valence-corrected chi connectivity index (χ1v) is 9.01. The number of imidazole rings is 1. The van der Waals surface area contributed by atoms with Crippen LogP contribution in [0.3, 0.4) is 0 Å². The Hall–Kier alpha value is -2.18. The van der Waals surface area contributed by atoms with E-state index in [1.807, 2.05) is 12.1 Å². The Morgan fingerprint density at radius 1 is 1.32 bits per heavy atom. The van der Waals surface area contributed by atoms with Gasteiger partial charge in [-0.1, -0.05) is 12.1 Å². The third kappa shape index (κ3) is 3.60. The van der Waals surface area contributed by atoms with Crippen LogP contribution in [-0.4, -0.2) is 46.6 Å². The predicted octanol–water partition coefficient (Wildman–Crippen LogP) is 2.10. The van der Waals surface area contributed by atoms with Crippen LogP contribution in [0, 0.1) is 0 Å². The van der Waals surface area contributed by atoms with E-state index in [9.17, 15) is 4.79 Å². The average Bonchev–Trinajstić information content (AvgIpc) is 3.06. The number of rotatable bonds is 4. The van der Waals surface area contributed by atoms with Gasteiger partial charge in [0.15, 0.2) is 0 Å². The summed E-state index contributed by atoms with van der Waals surface area (Å²) in [6, 6.07) is 7.26. The van der Waals surface area contributed by atoms with Crippen molar-refractivity contribution < 1.29 is 9.53 Å². The topological polar surface area (TPSA) is 84.2 Å². The molecule has 4 rings (SSSR count). The molecule has 25 heavy (non-hydrogen) atoms. The Morgan fingerprint density at radius 3 is 2.88 bits per heavy atom. The number of ether oxygens (including phenoxy) is 1. The fourth-order valence-corrected chi connectivity index (χ4v) is 3.67. The molecule has 1 fully saturated rings. The van der Waals surface area contributed by atoms with Crippen LogP contribution in [0.25, 0.3) is 11.4 Å². The number of hydrogen-bond donors (Lipinski definition) is 2. The fraction of sp³-hybridized carbons (Fsp3) is 0.474. The van der Waals surface area contributed by atoms with Crippen molar-refractivity contribution in [1.29, 1.82) is 0 Å². The largest absolute Gasteiger partial charge is 0.377 e. The molecule has 0 saturated carbocycles. The van der Waals surface area contributed by atoms with Gasteiger partial charge in [-0.05, 0) is 31.4 Å². The maximum atomic E-state index is 11.2. The molecule has 2 aliphatic heterocycles. The zero-order valence-corrected chi connectivity index (χ0v) is 14.3. The summed E-state index contributed by atoms with van der Waals surface area (Å²) < 4.78 is 5.87. The number of nitrogens with zero attached hydrogens (tertiary/aromatic N) is 2. The minimum absolute atomic E-state index is 0.374. The summed E-state index contributed by atoms with van der Waals surface area (Å²) in [6.07, 6.45) is 4.97. The van der Waals surface area contributed by atoms with Crippen LogP contribution >= 0.6 is 0 Å². The quantitative estimate of drug-likeness (QED) is 0.893. The summed E-state index contributed by atoms with van der Waals surface area (Å²) in [5.74, 6) is 0.447. The lowest BCUT2D eigenvalue weighted by Crippen LogP contribution is -2.38. The van der Waals surface area contributed by atoms with E-state index in [4.69, 9.17) is 15.5 Å².